The Bertz CT molecular complexity index is 858. The van der Waals surface area contributed by atoms with Gasteiger partial charge in [-0.05, 0) is 36.8 Å². The Morgan fingerprint density at radius 2 is 1.74 bits per heavy atom. The maximum atomic E-state index is 12.6. The SMILES string of the molecule is CCOc1ccc(C(O)=C2C(=O)C(=O)N(CCO)[C@@H]2c2ccccc2)cc1. The maximum Gasteiger partial charge on any atom is 0.295 e. The summed E-state index contributed by atoms with van der Waals surface area (Å²) in [7, 11) is 0. The minimum atomic E-state index is -0.760. The van der Waals surface area contributed by atoms with Crippen molar-refractivity contribution < 1.29 is 24.5 Å². The quantitative estimate of drug-likeness (QED) is 0.465. The first-order valence-electron chi connectivity index (χ1n) is 8.76. The van der Waals surface area contributed by atoms with E-state index in [9.17, 15) is 19.8 Å². The van der Waals surface area contributed by atoms with Crippen LogP contribution in [0.4, 0.5) is 0 Å². The lowest BCUT2D eigenvalue weighted by Crippen LogP contribution is -2.32. The zero-order valence-electron chi connectivity index (χ0n) is 15.0. The molecule has 140 valence electrons. The van der Waals surface area contributed by atoms with Crippen molar-refractivity contribution in [3.63, 3.8) is 0 Å². The number of amides is 1. The van der Waals surface area contributed by atoms with E-state index in [-0.39, 0.29) is 24.5 Å². The second-order valence-electron chi connectivity index (χ2n) is 6.08. The second kappa shape index (κ2) is 8.05. The van der Waals surface area contributed by atoms with Gasteiger partial charge >= 0.3 is 0 Å². The van der Waals surface area contributed by atoms with Gasteiger partial charge in [-0.15, -0.1) is 0 Å². The summed E-state index contributed by atoms with van der Waals surface area (Å²) in [6, 6.07) is 14.9. The number of ketones is 1. The lowest BCUT2D eigenvalue weighted by atomic mass is 9.95. The molecule has 0 radical (unpaired) electrons. The van der Waals surface area contributed by atoms with Crippen molar-refractivity contribution in [2.24, 2.45) is 0 Å². The van der Waals surface area contributed by atoms with Crippen molar-refractivity contribution in [2.75, 3.05) is 19.8 Å². The Morgan fingerprint density at radius 1 is 1.07 bits per heavy atom. The number of β-amino-alcohol motifs (C(OH)–C–C–N with tert-alkyl or cyclic N) is 1. The molecule has 6 heteroatoms. The fourth-order valence-electron chi connectivity index (χ4n) is 3.23. The number of carbonyl (C=O) groups is 2. The Hall–Kier alpha value is -3.12. The van der Waals surface area contributed by atoms with Crippen LogP contribution in [0.5, 0.6) is 5.75 Å². The Balaban J connectivity index is 2.10. The van der Waals surface area contributed by atoms with Gasteiger partial charge < -0.3 is 19.8 Å². The zero-order valence-corrected chi connectivity index (χ0v) is 15.0. The molecule has 1 atom stereocenters. The van der Waals surface area contributed by atoms with Gasteiger partial charge in [0.1, 0.15) is 11.5 Å². The summed E-state index contributed by atoms with van der Waals surface area (Å²) in [5, 5.41) is 20.1. The summed E-state index contributed by atoms with van der Waals surface area (Å²) in [6.07, 6.45) is 0. The molecule has 0 bridgehead atoms. The fourth-order valence-corrected chi connectivity index (χ4v) is 3.23. The number of aliphatic hydroxyl groups excluding tert-OH is 2. The summed E-state index contributed by atoms with van der Waals surface area (Å²) >= 11 is 0. The van der Waals surface area contributed by atoms with Gasteiger partial charge in [0.25, 0.3) is 11.7 Å². The molecule has 0 aromatic heterocycles. The third-order valence-electron chi connectivity index (χ3n) is 4.43. The molecule has 0 saturated carbocycles. The van der Waals surface area contributed by atoms with Crippen LogP contribution in [-0.4, -0.2) is 46.6 Å². The largest absolute Gasteiger partial charge is 0.507 e. The maximum absolute atomic E-state index is 12.6. The van der Waals surface area contributed by atoms with E-state index in [1.54, 1.807) is 48.5 Å². The van der Waals surface area contributed by atoms with Crippen LogP contribution in [0, 0.1) is 0 Å². The smallest absolute Gasteiger partial charge is 0.295 e. The van der Waals surface area contributed by atoms with Crippen LogP contribution in [0.1, 0.15) is 24.1 Å². The normalized spacial score (nSPS) is 18.7. The Morgan fingerprint density at radius 3 is 2.33 bits per heavy atom. The predicted octanol–water partition coefficient (Wildman–Crippen LogP) is 2.50. The number of likely N-dealkylation sites (tertiary alicyclic amines) is 1. The molecule has 0 unspecified atom stereocenters. The van der Waals surface area contributed by atoms with Gasteiger partial charge in [-0.3, -0.25) is 9.59 Å². The van der Waals surface area contributed by atoms with Crippen LogP contribution in [0.2, 0.25) is 0 Å². The Labute approximate surface area is 157 Å². The molecule has 0 aliphatic carbocycles. The number of aliphatic hydroxyl groups is 2. The van der Waals surface area contributed by atoms with Crippen LogP contribution >= 0.6 is 0 Å². The lowest BCUT2D eigenvalue weighted by molar-refractivity contribution is -0.140. The number of ether oxygens (including phenoxy) is 1. The van der Waals surface area contributed by atoms with E-state index in [0.29, 0.717) is 23.5 Å². The molecule has 1 fully saturated rings. The fraction of sp³-hybridized carbons (Fsp3) is 0.238. The molecule has 0 spiro atoms. The Kier molecular flexibility index (Phi) is 5.57. The molecule has 1 aliphatic rings. The molecule has 27 heavy (non-hydrogen) atoms. The predicted molar refractivity (Wildman–Crippen MR) is 100 cm³/mol. The summed E-state index contributed by atoms with van der Waals surface area (Å²) in [5.41, 5.74) is 1.13. The average Bonchev–Trinajstić information content (AvgIpc) is 2.94. The average molecular weight is 367 g/mol. The second-order valence-corrected chi connectivity index (χ2v) is 6.08. The standard InChI is InChI=1S/C21H21NO5/c1-2-27-16-10-8-15(9-11-16)19(24)17-18(14-6-4-3-5-7-14)22(12-13-23)21(26)20(17)25/h3-11,18,23-24H,2,12-13H2,1H3/t18-/m1/s1. The molecular formula is C21H21NO5. The summed E-state index contributed by atoms with van der Waals surface area (Å²) < 4.78 is 5.39. The van der Waals surface area contributed by atoms with E-state index in [1.165, 1.54) is 4.90 Å². The number of hydrogen-bond acceptors (Lipinski definition) is 5. The molecule has 2 aromatic carbocycles. The van der Waals surface area contributed by atoms with Crippen molar-refractivity contribution >= 4 is 17.4 Å². The van der Waals surface area contributed by atoms with Crippen LogP contribution < -0.4 is 4.74 Å². The van der Waals surface area contributed by atoms with Crippen LogP contribution in [0.3, 0.4) is 0 Å². The molecule has 1 heterocycles. The molecule has 1 saturated heterocycles. The van der Waals surface area contributed by atoms with Crippen LogP contribution in [0.15, 0.2) is 60.2 Å². The van der Waals surface area contributed by atoms with Crippen molar-refractivity contribution in [1.82, 2.24) is 4.90 Å². The third-order valence-corrected chi connectivity index (χ3v) is 4.43. The van der Waals surface area contributed by atoms with Gasteiger partial charge in [-0.2, -0.15) is 0 Å². The highest BCUT2D eigenvalue weighted by molar-refractivity contribution is 6.46. The van der Waals surface area contributed by atoms with Crippen LogP contribution in [0.25, 0.3) is 5.76 Å². The van der Waals surface area contributed by atoms with E-state index in [1.807, 2.05) is 13.0 Å². The van der Waals surface area contributed by atoms with E-state index < -0.39 is 17.7 Å². The van der Waals surface area contributed by atoms with E-state index in [2.05, 4.69) is 0 Å². The highest BCUT2D eigenvalue weighted by Gasteiger charge is 2.45. The van der Waals surface area contributed by atoms with Gasteiger partial charge in [-0.1, -0.05) is 30.3 Å². The highest BCUT2D eigenvalue weighted by Crippen LogP contribution is 2.39. The van der Waals surface area contributed by atoms with Crippen molar-refractivity contribution in [2.45, 2.75) is 13.0 Å². The highest BCUT2D eigenvalue weighted by atomic mass is 16.5. The van der Waals surface area contributed by atoms with Gasteiger partial charge in [-0.25, -0.2) is 0 Å². The van der Waals surface area contributed by atoms with Crippen molar-refractivity contribution in [3.8, 4) is 5.75 Å². The topological polar surface area (TPSA) is 87.1 Å². The first-order chi connectivity index (χ1) is 13.1. The van der Waals surface area contributed by atoms with Gasteiger partial charge in [0.15, 0.2) is 0 Å². The molecule has 6 nitrogen and oxygen atoms in total. The number of carbonyl (C=O) groups excluding carboxylic acids is 2. The third kappa shape index (κ3) is 3.57. The molecule has 1 aliphatic heterocycles. The van der Waals surface area contributed by atoms with Crippen molar-refractivity contribution in [3.05, 3.63) is 71.3 Å². The van der Waals surface area contributed by atoms with E-state index in [0.717, 1.165) is 0 Å². The number of benzene rings is 2. The lowest BCUT2D eigenvalue weighted by Gasteiger charge is -2.24. The first kappa shape index (κ1) is 18.7. The number of hydrogen-bond donors (Lipinski definition) is 2. The van der Waals surface area contributed by atoms with E-state index in [4.69, 9.17) is 4.74 Å². The zero-order chi connectivity index (χ0) is 19.4. The monoisotopic (exact) mass is 367 g/mol. The van der Waals surface area contributed by atoms with Gasteiger partial charge in [0, 0.05) is 12.1 Å². The molecule has 3 rings (SSSR count). The number of nitrogens with zero attached hydrogens (tertiary/aromatic N) is 1. The molecular weight excluding hydrogens is 346 g/mol. The summed E-state index contributed by atoms with van der Waals surface area (Å²) in [6.45, 7) is 2.12. The minimum Gasteiger partial charge on any atom is -0.507 e. The van der Waals surface area contributed by atoms with E-state index >= 15 is 0 Å². The van der Waals surface area contributed by atoms with Gasteiger partial charge in [0.05, 0.1) is 24.8 Å². The molecule has 1 amide bonds. The molecule has 2 N–H and O–H groups in total. The summed E-state index contributed by atoms with van der Waals surface area (Å²) in [4.78, 5) is 26.4. The molecule has 2 aromatic rings. The van der Waals surface area contributed by atoms with Crippen LogP contribution in [-0.2, 0) is 9.59 Å². The first-order valence-corrected chi connectivity index (χ1v) is 8.76. The number of Topliss-reactive ketones (excluding diaryl/α,β-unsaturated/α-hetero) is 1. The number of rotatable bonds is 6. The minimum absolute atomic E-state index is 0.00416. The van der Waals surface area contributed by atoms with Gasteiger partial charge in [0.2, 0.25) is 0 Å². The van der Waals surface area contributed by atoms with Crippen molar-refractivity contribution in [1.29, 1.82) is 0 Å². The summed E-state index contributed by atoms with van der Waals surface area (Å²) in [5.74, 6) is -1.09.